The zero-order valence-electron chi connectivity index (χ0n) is 11.5. The third-order valence-electron chi connectivity index (χ3n) is 3.83. The quantitative estimate of drug-likeness (QED) is 0.892. The summed E-state index contributed by atoms with van der Waals surface area (Å²) in [5.74, 6) is 0. The van der Waals surface area contributed by atoms with Crippen LogP contribution in [0.3, 0.4) is 0 Å². The Kier molecular flexibility index (Phi) is 4.14. The van der Waals surface area contributed by atoms with Gasteiger partial charge < -0.3 is 10.1 Å². The molecule has 2 fully saturated rings. The second-order valence-corrected chi connectivity index (χ2v) is 8.24. The van der Waals surface area contributed by atoms with Gasteiger partial charge in [0.05, 0.1) is 17.1 Å². The van der Waals surface area contributed by atoms with Crippen molar-refractivity contribution in [3.63, 3.8) is 0 Å². The van der Waals surface area contributed by atoms with E-state index in [1.165, 1.54) is 11.3 Å². The largest absolute Gasteiger partial charge is 0.372 e. The first-order valence-corrected chi connectivity index (χ1v) is 9.35. The van der Waals surface area contributed by atoms with Crippen molar-refractivity contribution < 1.29 is 13.2 Å². The van der Waals surface area contributed by atoms with Crippen molar-refractivity contribution in [2.24, 2.45) is 0 Å². The Balaban J connectivity index is 1.76. The molecule has 2 aliphatic rings. The van der Waals surface area contributed by atoms with Crippen molar-refractivity contribution in [1.82, 2.24) is 9.62 Å². The number of hydrogen-bond donors (Lipinski definition) is 1. The Morgan fingerprint density at radius 1 is 1.40 bits per heavy atom. The number of nitrogens with one attached hydrogen (secondary N) is 1. The Labute approximate surface area is 124 Å². The van der Waals surface area contributed by atoms with Crippen molar-refractivity contribution >= 4 is 21.4 Å². The highest BCUT2D eigenvalue weighted by atomic mass is 32.2. The number of morpholine rings is 1. The second kappa shape index (κ2) is 5.73. The molecule has 3 rings (SSSR count). The molecule has 2 unspecified atom stereocenters. The summed E-state index contributed by atoms with van der Waals surface area (Å²) in [5.41, 5.74) is 0. The molecular formula is C13H20N2O3S2. The number of thiophene rings is 1. The Morgan fingerprint density at radius 3 is 2.75 bits per heavy atom. The van der Waals surface area contributed by atoms with Crippen molar-refractivity contribution in [3.8, 4) is 0 Å². The van der Waals surface area contributed by atoms with Crippen molar-refractivity contribution in [1.29, 1.82) is 0 Å². The molecule has 3 heterocycles. The Bertz CT molecular complexity index is 558. The maximum atomic E-state index is 12.6. The van der Waals surface area contributed by atoms with E-state index < -0.39 is 10.0 Å². The number of hydrogen-bond acceptors (Lipinski definition) is 5. The molecule has 2 saturated heterocycles. The van der Waals surface area contributed by atoms with Crippen LogP contribution in [0.2, 0.25) is 0 Å². The molecule has 0 amide bonds. The number of fused-ring (bicyclic) bond motifs is 2. The van der Waals surface area contributed by atoms with Crippen LogP contribution in [0.1, 0.15) is 24.6 Å². The molecule has 7 heteroatoms. The van der Waals surface area contributed by atoms with Gasteiger partial charge in [0.2, 0.25) is 10.0 Å². The molecule has 20 heavy (non-hydrogen) atoms. The Hall–Kier alpha value is -0.470. The van der Waals surface area contributed by atoms with Crippen LogP contribution in [0.15, 0.2) is 16.3 Å². The first-order chi connectivity index (χ1) is 9.59. The normalized spacial score (nSPS) is 27.1. The minimum atomic E-state index is -3.36. The van der Waals surface area contributed by atoms with Crippen LogP contribution >= 0.6 is 11.3 Å². The van der Waals surface area contributed by atoms with Gasteiger partial charge in [-0.1, -0.05) is 6.92 Å². The lowest BCUT2D eigenvalue weighted by Crippen LogP contribution is -2.45. The average molecular weight is 316 g/mol. The van der Waals surface area contributed by atoms with Gasteiger partial charge in [0, 0.05) is 29.9 Å². The van der Waals surface area contributed by atoms with E-state index in [2.05, 4.69) is 5.32 Å². The van der Waals surface area contributed by atoms with Gasteiger partial charge in [-0.15, -0.1) is 11.3 Å². The van der Waals surface area contributed by atoms with Crippen LogP contribution in [-0.2, 0) is 21.3 Å². The zero-order valence-corrected chi connectivity index (χ0v) is 13.2. The summed E-state index contributed by atoms with van der Waals surface area (Å²) in [4.78, 5) is 1.48. The van der Waals surface area contributed by atoms with Gasteiger partial charge in [-0.05, 0) is 25.5 Å². The predicted molar refractivity (Wildman–Crippen MR) is 78.4 cm³/mol. The summed E-state index contributed by atoms with van der Waals surface area (Å²) in [5, 5.41) is 4.96. The third kappa shape index (κ3) is 2.78. The molecule has 1 N–H and O–H groups in total. The van der Waals surface area contributed by atoms with Crippen LogP contribution in [0.4, 0.5) is 0 Å². The summed E-state index contributed by atoms with van der Waals surface area (Å²) in [6.45, 7) is 4.64. The molecule has 0 aromatic carbocycles. The monoisotopic (exact) mass is 316 g/mol. The Morgan fingerprint density at radius 2 is 2.10 bits per heavy atom. The van der Waals surface area contributed by atoms with E-state index in [0.717, 1.165) is 30.8 Å². The van der Waals surface area contributed by atoms with E-state index in [4.69, 9.17) is 4.74 Å². The zero-order chi connectivity index (χ0) is 14.2. The molecule has 2 atom stereocenters. The lowest BCUT2D eigenvalue weighted by Gasteiger charge is -2.30. The van der Waals surface area contributed by atoms with Gasteiger partial charge in [-0.25, -0.2) is 8.42 Å². The van der Waals surface area contributed by atoms with Crippen molar-refractivity contribution in [2.75, 3.05) is 19.6 Å². The van der Waals surface area contributed by atoms with Crippen LogP contribution in [-0.4, -0.2) is 44.6 Å². The lowest BCUT2D eigenvalue weighted by atomic mass is 10.2. The third-order valence-corrected chi connectivity index (χ3v) is 6.72. The maximum absolute atomic E-state index is 12.6. The lowest BCUT2D eigenvalue weighted by molar-refractivity contribution is -0.0114. The minimum Gasteiger partial charge on any atom is -0.372 e. The number of sulfonamides is 1. The molecule has 2 aliphatic heterocycles. The van der Waals surface area contributed by atoms with Gasteiger partial charge in [-0.3, -0.25) is 0 Å². The molecule has 1 aromatic heterocycles. The molecular weight excluding hydrogens is 296 g/mol. The van der Waals surface area contributed by atoms with Crippen molar-refractivity contribution in [3.05, 3.63) is 16.3 Å². The van der Waals surface area contributed by atoms with Crippen LogP contribution in [0.5, 0.6) is 0 Å². The summed E-state index contributed by atoms with van der Waals surface area (Å²) < 4.78 is 32.6. The second-order valence-electron chi connectivity index (χ2n) is 5.31. The highest BCUT2D eigenvalue weighted by molar-refractivity contribution is 7.89. The number of ether oxygens (including phenoxy) is 1. The fourth-order valence-electron chi connectivity index (χ4n) is 2.76. The fourth-order valence-corrected chi connectivity index (χ4v) is 5.50. The topological polar surface area (TPSA) is 58.6 Å². The highest BCUT2D eigenvalue weighted by Crippen LogP contribution is 2.31. The van der Waals surface area contributed by atoms with E-state index in [-0.39, 0.29) is 12.2 Å². The van der Waals surface area contributed by atoms with Crippen LogP contribution in [0, 0.1) is 0 Å². The molecule has 112 valence electrons. The van der Waals surface area contributed by atoms with E-state index in [1.807, 2.05) is 6.92 Å². The molecule has 0 spiro atoms. The average Bonchev–Trinajstić information content (AvgIpc) is 3.03. The molecule has 0 aliphatic carbocycles. The fraction of sp³-hybridized carbons (Fsp3) is 0.692. The smallest absolute Gasteiger partial charge is 0.244 e. The van der Waals surface area contributed by atoms with Gasteiger partial charge >= 0.3 is 0 Å². The molecule has 0 saturated carbocycles. The summed E-state index contributed by atoms with van der Waals surface area (Å²) >= 11 is 1.50. The first-order valence-electron chi connectivity index (χ1n) is 7.03. The van der Waals surface area contributed by atoms with E-state index >= 15 is 0 Å². The standard InChI is InChI=1S/C13H20N2O3S2/c1-2-14-6-12-5-13(9-19-12)20(16,17)15-7-10-3-4-11(8-15)18-10/h5,9-11,14H,2-4,6-8H2,1H3. The molecule has 1 aromatic rings. The predicted octanol–water partition coefficient (Wildman–Crippen LogP) is 1.41. The van der Waals surface area contributed by atoms with E-state index in [0.29, 0.717) is 18.0 Å². The first kappa shape index (κ1) is 14.5. The summed E-state index contributed by atoms with van der Waals surface area (Å²) in [7, 11) is -3.36. The number of nitrogens with zero attached hydrogens (tertiary/aromatic N) is 1. The van der Waals surface area contributed by atoms with E-state index in [1.54, 1.807) is 15.8 Å². The maximum Gasteiger partial charge on any atom is 0.244 e. The van der Waals surface area contributed by atoms with Crippen LogP contribution < -0.4 is 5.32 Å². The van der Waals surface area contributed by atoms with Crippen molar-refractivity contribution in [2.45, 2.75) is 43.4 Å². The van der Waals surface area contributed by atoms with Gasteiger partial charge in [0.25, 0.3) is 0 Å². The van der Waals surface area contributed by atoms with E-state index in [9.17, 15) is 8.42 Å². The molecule has 2 bridgehead atoms. The minimum absolute atomic E-state index is 0.0865. The number of rotatable bonds is 5. The summed E-state index contributed by atoms with van der Waals surface area (Å²) in [6, 6.07) is 1.79. The SMILES string of the molecule is CCNCc1cc(S(=O)(=O)N2CC3CCC(C2)O3)cs1. The highest BCUT2D eigenvalue weighted by Gasteiger charge is 2.39. The molecule has 5 nitrogen and oxygen atoms in total. The van der Waals surface area contributed by atoms with Gasteiger partial charge in [0.15, 0.2) is 0 Å². The molecule has 0 radical (unpaired) electrons. The van der Waals surface area contributed by atoms with Gasteiger partial charge in [-0.2, -0.15) is 4.31 Å². The van der Waals surface area contributed by atoms with Crippen LogP contribution in [0.25, 0.3) is 0 Å². The summed E-state index contributed by atoms with van der Waals surface area (Å²) in [6.07, 6.45) is 2.13. The van der Waals surface area contributed by atoms with Gasteiger partial charge in [0.1, 0.15) is 0 Å².